The maximum absolute atomic E-state index is 12.8. The van der Waals surface area contributed by atoms with E-state index in [0.29, 0.717) is 32.0 Å². The van der Waals surface area contributed by atoms with Crippen molar-refractivity contribution in [2.75, 3.05) is 25.4 Å². The van der Waals surface area contributed by atoms with E-state index < -0.39 is 0 Å². The van der Waals surface area contributed by atoms with E-state index in [1.165, 1.54) is 17.7 Å². The van der Waals surface area contributed by atoms with Gasteiger partial charge in [-0.2, -0.15) is 0 Å². The quantitative estimate of drug-likeness (QED) is 0.483. The Hall–Kier alpha value is -3.07. The highest BCUT2D eigenvalue weighted by atomic mass is 35.5. The van der Waals surface area contributed by atoms with Crippen molar-refractivity contribution < 1.29 is 4.79 Å². The summed E-state index contributed by atoms with van der Waals surface area (Å²) < 4.78 is 0.753. The third kappa shape index (κ3) is 4.43. The second-order valence-electron chi connectivity index (χ2n) is 7.79. The molecular weight excluding hydrogens is 444 g/mol. The van der Waals surface area contributed by atoms with E-state index in [1.54, 1.807) is 0 Å². The van der Waals surface area contributed by atoms with Gasteiger partial charge < -0.3 is 10.6 Å². The number of anilines is 1. The first-order valence-corrected chi connectivity index (χ1v) is 11.4. The average molecular weight is 465 g/mol. The van der Waals surface area contributed by atoms with Gasteiger partial charge in [-0.05, 0) is 41.5 Å². The highest BCUT2D eigenvalue weighted by molar-refractivity contribution is 7.19. The Morgan fingerprint density at radius 1 is 1.00 bits per heavy atom. The largest absolute Gasteiger partial charge is 0.383 e. The highest BCUT2D eigenvalue weighted by Gasteiger charge is 2.24. The molecular formula is C23H21ClN6OS. The molecule has 1 aliphatic heterocycles. The molecule has 1 amide bonds. The zero-order chi connectivity index (χ0) is 22.1. The number of hydrogen-bond donors (Lipinski definition) is 1. The number of nitrogens with two attached hydrogens (primary N) is 1. The maximum Gasteiger partial charge on any atom is 0.237 e. The van der Waals surface area contributed by atoms with Crippen molar-refractivity contribution in [3.63, 3.8) is 0 Å². The number of carbonyl (C=O) groups is 1. The number of pyridine rings is 1. The number of benzene rings is 1. The summed E-state index contributed by atoms with van der Waals surface area (Å²) in [5, 5.41) is 0.828. The summed E-state index contributed by atoms with van der Waals surface area (Å²) >= 11 is 7.53. The van der Waals surface area contributed by atoms with Gasteiger partial charge in [0.1, 0.15) is 12.1 Å². The molecule has 4 heterocycles. The minimum atomic E-state index is 0.122. The van der Waals surface area contributed by atoms with E-state index in [9.17, 15) is 4.79 Å². The number of piperazine rings is 1. The Kier molecular flexibility index (Phi) is 5.73. The van der Waals surface area contributed by atoms with Gasteiger partial charge in [-0.25, -0.2) is 9.97 Å². The molecule has 1 saturated heterocycles. The Morgan fingerprint density at radius 3 is 2.62 bits per heavy atom. The van der Waals surface area contributed by atoms with Gasteiger partial charge in [0, 0.05) is 37.8 Å². The molecule has 1 aromatic carbocycles. The van der Waals surface area contributed by atoms with Crippen LogP contribution in [-0.2, 0) is 17.9 Å². The van der Waals surface area contributed by atoms with Gasteiger partial charge in [-0.3, -0.25) is 14.7 Å². The lowest BCUT2D eigenvalue weighted by molar-refractivity contribution is -0.136. The van der Waals surface area contributed by atoms with Crippen molar-refractivity contribution in [1.82, 2.24) is 24.8 Å². The molecule has 0 spiro atoms. The van der Waals surface area contributed by atoms with E-state index in [0.717, 1.165) is 43.5 Å². The summed E-state index contributed by atoms with van der Waals surface area (Å²) in [6.45, 7) is 3.15. The molecule has 0 radical (unpaired) electrons. The predicted octanol–water partition coefficient (Wildman–Crippen LogP) is 3.83. The van der Waals surface area contributed by atoms with Crippen LogP contribution in [0, 0.1) is 0 Å². The first-order chi connectivity index (χ1) is 15.5. The zero-order valence-corrected chi connectivity index (χ0v) is 18.8. The molecule has 7 nitrogen and oxygen atoms in total. The van der Waals surface area contributed by atoms with E-state index >= 15 is 0 Å². The number of halogens is 1. The van der Waals surface area contributed by atoms with E-state index in [-0.39, 0.29) is 5.91 Å². The van der Waals surface area contributed by atoms with Gasteiger partial charge >= 0.3 is 0 Å². The molecule has 3 aromatic heterocycles. The fourth-order valence-electron chi connectivity index (χ4n) is 3.88. The van der Waals surface area contributed by atoms with Crippen LogP contribution in [0.15, 0.2) is 55.0 Å². The van der Waals surface area contributed by atoms with Crippen molar-refractivity contribution in [2.45, 2.75) is 13.1 Å². The fraction of sp³-hybridized carbons (Fsp3) is 0.217. The zero-order valence-electron chi connectivity index (χ0n) is 17.2. The molecule has 4 aromatic rings. The Morgan fingerprint density at radius 2 is 1.88 bits per heavy atom. The van der Waals surface area contributed by atoms with Gasteiger partial charge in [0.25, 0.3) is 0 Å². The number of thiophene rings is 1. The molecule has 0 unspecified atom stereocenters. The minimum absolute atomic E-state index is 0.122. The molecule has 2 N–H and O–H groups in total. The summed E-state index contributed by atoms with van der Waals surface area (Å²) in [6, 6.07) is 13.8. The lowest BCUT2D eigenvalue weighted by Crippen LogP contribution is -2.49. The number of nitrogens with zero attached hydrogens (tertiary/aromatic N) is 5. The van der Waals surface area contributed by atoms with Crippen LogP contribution in [-0.4, -0.2) is 50.3 Å². The first kappa shape index (κ1) is 20.8. The van der Waals surface area contributed by atoms with Crippen molar-refractivity contribution in [2.24, 2.45) is 0 Å². The number of hydrogen-bond acceptors (Lipinski definition) is 7. The fourth-order valence-corrected chi connectivity index (χ4v) is 4.90. The summed E-state index contributed by atoms with van der Waals surface area (Å²) in [4.78, 5) is 30.7. The van der Waals surface area contributed by atoms with Crippen molar-refractivity contribution >= 4 is 45.6 Å². The van der Waals surface area contributed by atoms with Crippen LogP contribution < -0.4 is 5.73 Å². The van der Waals surface area contributed by atoms with E-state index in [2.05, 4.69) is 25.9 Å². The van der Waals surface area contributed by atoms with Crippen LogP contribution in [0.25, 0.3) is 21.5 Å². The minimum Gasteiger partial charge on any atom is -0.383 e. The number of aromatic nitrogens is 3. The molecule has 0 atom stereocenters. The Bertz CT molecular complexity index is 1280. The normalized spacial score (nSPS) is 14.9. The Balaban J connectivity index is 1.19. The van der Waals surface area contributed by atoms with Crippen LogP contribution in [0.1, 0.15) is 11.1 Å². The van der Waals surface area contributed by atoms with Crippen LogP contribution in [0.4, 0.5) is 5.82 Å². The standard InChI is InChI=1S/C23H21ClN6OS/c24-21-6-5-20(32-21)18-4-2-16(10-26-18)11-29-7-8-30(22(31)13-29)12-15-1-3-17-19(9-15)27-14-28-23(17)25/h1-6,9-10,14H,7-8,11-13H2,(H2,25,27,28). The topological polar surface area (TPSA) is 88.2 Å². The average Bonchev–Trinajstić information content (AvgIpc) is 3.23. The first-order valence-electron chi connectivity index (χ1n) is 10.2. The van der Waals surface area contributed by atoms with Crippen LogP contribution in [0.5, 0.6) is 0 Å². The molecule has 162 valence electrons. The molecule has 1 aliphatic rings. The molecule has 32 heavy (non-hydrogen) atoms. The smallest absolute Gasteiger partial charge is 0.237 e. The van der Waals surface area contributed by atoms with Gasteiger partial charge in [-0.1, -0.05) is 23.7 Å². The lowest BCUT2D eigenvalue weighted by atomic mass is 10.1. The second kappa shape index (κ2) is 8.82. The van der Waals surface area contributed by atoms with Crippen molar-refractivity contribution in [1.29, 1.82) is 0 Å². The Labute approximate surface area is 194 Å². The summed E-state index contributed by atoms with van der Waals surface area (Å²) in [5.41, 5.74) is 9.72. The molecule has 0 aliphatic carbocycles. The predicted molar refractivity (Wildman–Crippen MR) is 127 cm³/mol. The number of fused-ring (bicyclic) bond motifs is 1. The van der Waals surface area contributed by atoms with Crippen LogP contribution >= 0.6 is 22.9 Å². The van der Waals surface area contributed by atoms with Gasteiger partial charge in [-0.15, -0.1) is 11.3 Å². The van der Waals surface area contributed by atoms with E-state index in [4.69, 9.17) is 17.3 Å². The number of carbonyl (C=O) groups excluding carboxylic acids is 1. The summed E-state index contributed by atoms with van der Waals surface area (Å²) in [5.74, 6) is 0.587. The molecule has 1 fully saturated rings. The third-order valence-corrected chi connectivity index (χ3v) is 6.81. The summed E-state index contributed by atoms with van der Waals surface area (Å²) in [6.07, 6.45) is 3.34. The van der Waals surface area contributed by atoms with Crippen molar-refractivity contribution in [3.8, 4) is 10.6 Å². The van der Waals surface area contributed by atoms with Gasteiger partial charge in [0.15, 0.2) is 0 Å². The molecule has 0 saturated carbocycles. The SMILES string of the molecule is Nc1ncnc2cc(CN3CCN(Cc4ccc(-c5ccc(Cl)s5)nc4)CC3=O)ccc12. The van der Waals surface area contributed by atoms with Gasteiger partial charge in [0.2, 0.25) is 5.91 Å². The second-order valence-corrected chi connectivity index (χ2v) is 9.51. The molecule has 9 heteroatoms. The van der Waals surface area contributed by atoms with Gasteiger partial charge in [0.05, 0.1) is 27.0 Å². The molecule has 5 rings (SSSR count). The number of amides is 1. The van der Waals surface area contributed by atoms with Crippen LogP contribution in [0.3, 0.4) is 0 Å². The lowest BCUT2D eigenvalue weighted by Gasteiger charge is -2.34. The summed E-state index contributed by atoms with van der Waals surface area (Å²) in [7, 11) is 0. The number of rotatable bonds is 5. The number of nitrogen functional groups attached to an aromatic ring is 1. The van der Waals surface area contributed by atoms with Crippen LogP contribution in [0.2, 0.25) is 4.34 Å². The highest BCUT2D eigenvalue weighted by Crippen LogP contribution is 2.29. The third-order valence-electron chi connectivity index (χ3n) is 5.56. The molecule has 0 bridgehead atoms. The van der Waals surface area contributed by atoms with Crippen molar-refractivity contribution in [3.05, 3.63) is 70.5 Å². The maximum atomic E-state index is 12.8. The van der Waals surface area contributed by atoms with E-state index in [1.807, 2.05) is 47.5 Å². The monoisotopic (exact) mass is 464 g/mol.